The Kier molecular flexibility index (Phi) is 4.22. The Labute approximate surface area is 121 Å². The van der Waals surface area contributed by atoms with Gasteiger partial charge in [0.05, 0.1) is 18.3 Å². The van der Waals surface area contributed by atoms with Crippen LogP contribution in [0.5, 0.6) is 5.75 Å². The normalized spacial score (nSPS) is 13.9. The van der Waals surface area contributed by atoms with Gasteiger partial charge in [-0.15, -0.1) is 0 Å². The first-order valence-electron chi connectivity index (χ1n) is 6.18. The molecule has 0 aliphatic carbocycles. The maximum absolute atomic E-state index is 6.50. The molecule has 1 unspecified atom stereocenters. The van der Waals surface area contributed by atoms with Gasteiger partial charge in [0.15, 0.2) is 0 Å². The second kappa shape index (κ2) is 5.72. The molecule has 1 aromatic carbocycles. The van der Waals surface area contributed by atoms with Crippen molar-refractivity contribution in [2.24, 2.45) is 5.73 Å². The van der Waals surface area contributed by atoms with E-state index in [9.17, 15) is 0 Å². The molecule has 19 heavy (non-hydrogen) atoms. The molecule has 0 radical (unpaired) electrons. The monoisotopic (exact) mass is 320 g/mol. The summed E-state index contributed by atoms with van der Waals surface area (Å²) in [5.74, 6) is 0.740. The molecule has 100 valence electrons. The number of nitrogens with two attached hydrogens (primary N) is 1. The minimum absolute atomic E-state index is 0.613. The third-order valence-electron chi connectivity index (χ3n) is 3.06. The first-order valence-corrected chi connectivity index (χ1v) is 6.97. The molecule has 0 aliphatic rings. The van der Waals surface area contributed by atoms with Gasteiger partial charge in [0.2, 0.25) is 0 Å². The molecule has 0 fully saturated rings. The predicted octanol–water partition coefficient (Wildman–Crippen LogP) is 3.47. The molecule has 2 rings (SSSR count). The van der Waals surface area contributed by atoms with E-state index in [2.05, 4.69) is 20.9 Å². The second-order valence-corrected chi connectivity index (χ2v) is 5.38. The fourth-order valence-electron chi connectivity index (χ4n) is 1.99. The molecule has 0 amide bonds. The Bertz CT molecular complexity index is 570. The molecule has 1 heterocycles. The largest absolute Gasteiger partial charge is 0.492 e. The molecule has 2 N–H and O–H groups in total. The van der Waals surface area contributed by atoms with Crippen LogP contribution in [-0.4, -0.2) is 11.6 Å². The molecule has 1 atom stereocenters. The number of hydrogen-bond donors (Lipinski definition) is 1. The van der Waals surface area contributed by atoms with Gasteiger partial charge in [-0.3, -0.25) is 4.98 Å². The van der Waals surface area contributed by atoms with Crippen molar-refractivity contribution >= 4 is 15.9 Å². The molecule has 0 bridgehead atoms. The van der Waals surface area contributed by atoms with Crippen molar-refractivity contribution in [3.05, 3.63) is 58.3 Å². The Morgan fingerprint density at radius 3 is 2.74 bits per heavy atom. The van der Waals surface area contributed by atoms with Crippen molar-refractivity contribution in [3.63, 3.8) is 0 Å². The highest BCUT2D eigenvalue weighted by molar-refractivity contribution is 9.10. The third kappa shape index (κ3) is 2.96. The van der Waals surface area contributed by atoms with E-state index < -0.39 is 5.54 Å². The fourth-order valence-corrected chi connectivity index (χ4v) is 2.68. The summed E-state index contributed by atoms with van der Waals surface area (Å²) >= 11 is 3.55. The topological polar surface area (TPSA) is 48.1 Å². The molecule has 0 saturated carbocycles. The van der Waals surface area contributed by atoms with Crippen LogP contribution in [0.3, 0.4) is 0 Å². The van der Waals surface area contributed by atoms with E-state index in [0.717, 1.165) is 21.3 Å². The predicted molar refractivity (Wildman–Crippen MR) is 80.2 cm³/mol. The molecule has 3 nitrogen and oxygen atoms in total. The third-order valence-corrected chi connectivity index (χ3v) is 3.75. The summed E-state index contributed by atoms with van der Waals surface area (Å²) in [6.07, 6.45) is 3.48. The summed E-state index contributed by atoms with van der Waals surface area (Å²) in [6, 6.07) is 9.89. The standard InChI is InChI=1S/C15H17BrN2O/c1-3-19-12-8-11(9-18-10-12)15(2,17)13-6-4-5-7-14(13)16/h4-10H,3,17H2,1-2H3. The zero-order valence-corrected chi connectivity index (χ0v) is 12.6. The molecular formula is C15H17BrN2O. The molecule has 4 heteroatoms. The quantitative estimate of drug-likeness (QED) is 0.938. The van der Waals surface area contributed by atoms with E-state index in [4.69, 9.17) is 10.5 Å². The maximum Gasteiger partial charge on any atom is 0.137 e. The van der Waals surface area contributed by atoms with Gasteiger partial charge in [0, 0.05) is 10.7 Å². The van der Waals surface area contributed by atoms with Crippen molar-refractivity contribution in [2.75, 3.05) is 6.61 Å². The number of ether oxygens (including phenoxy) is 1. The van der Waals surface area contributed by atoms with Gasteiger partial charge >= 0.3 is 0 Å². The number of halogens is 1. The Morgan fingerprint density at radius 1 is 1.32 bits per heavy atom. The summed E-state index contributed by atoms with van der Waals surface area (Å²) in [5, 5.41) is 0. The zero-order chi connectivity index (χ0) is 13.9. The van der Waals surface area contributed by atoms with Gasteiger partial charge < -0.3 is 10.5 Å². The van der Waals surface area contributed by atoms with Crippen molar-refractivity contribution < 1.29 is 4.74 Å². The Balaban J connectivity index is 2.44. The van der Waals surface area contributed by atoms with Crippen LogP contribution in [0.1, 0.15) is 25.0 Å². The number of benzene rings is 1. The number of aromatic nitrogens is 1. The lowest BCUT2D eigenvalue weighted by molar-refractivity contribution is 0.337. The minimum Gasteiger partial charge on any atom is -0.492 e. The van der Waals surface area contributed by atoms with Crippen LogP contribution < -0.4 is 10.5 Å². The zero-order valence-electron chi connectivity index (χ0n) is 11.1. The van der Waals surface area contributed by atoms with Crippen molar-refractivity contribution in [1.82, 2.24) is 4.98 Å². The molecular weight excluding hydrogens is 304 g/mol. The summed E-state index contributed by atoms with van der Waals surface area (Å²) in [7, 11) is 0. The van der Waals surface area contributed by atoms with Crippen LogP contribution in [0, 0.1) is 0 Å². The fraction of sp³-hybridized carbons (Fsp3) is 0.267. The number of rotatable bonds is 4. The van der Waals surface area contributed by atoms with Crippen LogP contribution in [0.25, 0.3) is 0 Å². The van der Waals surface area contributed by atoms with Gasteiger partial charge in [0.25, 0.3) is 0 Å². The van der Waals surface area contributed by atoms with Gasteiger partial charge in [-0.1, -0.05) is 34.1 Å². The van der Waals surface area contributed by atoms with Crippen LogP contribution in [-0.2, 0) is 5.54 Å². The van der Waals surface area contributed by atoms with E-state index in [-0.39, 0.29) is 0 Å². The van der Waals surface area contributed by atoms with Gasteiger partial charge in [-0.2, -0.15) is 0 Å². The summed E-state index contributed by atoms with van der Waals surface area (Å²) < 4.78 is 6.47. The smallest absolute Gasteiger partial charge is 0.137 e. The first-order chi connectivity index (χ1) is 9.05. The highest BCUT2D eigenvalue weighted by Crippen LogP contribution is 2.32. The van der Waals surface area contributed by atoms with E-state index in [0.29, 0.717) is 6.61 Å². The van der Waals surface area contributed by atoms with Crippen LogP contribution in [0.15, 0.2) is 47.2 Å². The van der Waals surface area contributed by atoms with E-state index in [1.807, 2.05) is 44.2 Å². The average molecular weight is 321 g/mol. The lowest BCUT2D eigenvalue weighted by Crippen LogP contribution is -2.34. The number of pyridine rings is 1. The van der Waals surface area contributed by atoms with Gasteiger partial charge in [-0.25, -0.2) is 0 Å². The molecule has 0 saturated heterocycles. The minimum atomic E-state index is -0.625. The summed E-state index contributed by atoms with van der Waals surface area (Å²) in [6.45, 7) is 4.53. The van der Waals surface area contributed by atoms with Crippen molar-refractivity contribution in [1.29, 1.82) is 0 Å². The Morgan fingerprint density at radius 2 is 2.05 bits per heavy atom. The lowest BCUT2D eigenvalue weighted by atomic mass is 9.86. The van der Waals surface area contributed by atoms with Crippen molar-refractivity contribution in [3.8, 4) is 5.75 Å². The molecule has 0 aliphatic heterocycles. The van der Waals surface area contributed by atoms with Gasteiger partial charge in [-0.05, 0) is 37.1 Å². The average Bonchev–Trinajstić information content (AvgIpc) is 2.40. The summed E-state index contributed by atoms with van der Waals surface area (Å²) in [5.41, 5.74) is 7.82. The molecule has 2 aromatic rings. The van der Waals surface area contributed by atoms with E-state index in [1.54, 1.807) is 12.4 Å². The highest BCUT2D eigenvalue weighted by atomic mass is 79.9. The molecule has 0 spiro atoms. The first kappa shape index (κ1) is 14.0. The highest BCUT2D eigenvalue weighted by Gasteiger charge is 2.26. The molecule has 1 aromatic heterocycles. The lowest BCUT2D eigenvalue weighted by Gasteiger charge is -2.27. The second-order valence-electron chi connectivity index (χ2n) is 4.52. The van der Waals surface area contributed by atoms with E-state index in [1.165, 1.54) is 0 Å². The number of hydrogen-bond acceptors (Lipinski definition) is 3. The van der Waals surface area contributed by atoms with Crippen LogP contribution in [0.2, 0.25) is 0 Å². The maximum atomic E-state index is 6.50. The SMILES string of the molecule is CCOc1cncc(C(C)(N)c2ccccc2Br)c1. The number of nitrogens with zero attached hydrogens (tertiary/aromatic N) is 1. The Hall–Kier alpha value is -1.39. The van der Waals surface area contributed by atoms with Crippen LogP contribution in [0.4, 0.5) is 0 Å². The van der Waals surface area contributed by atoms with E-state index >= 15 is 0 Å². The summed E-state index contributed by atoms with van der Waals surface area (Å²) in [4.78, 5) is 4.20. The van der Waals surface area contributed by atoms with Crippen LogP contribution >= 0.6 is 15.9 Å². The van der Waals surface area contributed by atoms with Gasteiger partial charge in [0.1, 0.15) is 5.75 Å². The van der Waals surface area contributed by atoms with Crippen molar-refractivity contribution in [2.45, 2.75) is 19.4 Å².